The molecule has 7 heteroatoms. The van der Waals surface area contributed by atoms with Crippen LogP contribution in [0.1, 0.15) is 24.8 Å². The molecule has 0 spiro atoms. The number of aromatic nitrogens is 3. The van der Waals surface area contributed by atoms with Gasteiger partial charge in [-0.3, -0.25) is 9.69 Å². The Labute approximate surface area is 117 Å². The number of rotatable bonds is 6. The van der Waals surface area contributed by atoms with Gasteiger partial charge in [0.05, 0.1) is 12.3 Å². The number of hydrogen-bond acceptors (Lipinski definition) is 5. The predicted octanol–water partition coefficient (Wildman–Crippen LogP) is 0.851. The number of nitrogens with one attached hydrogen (secondary N) is 1. The molecule has 0 aliphatic rings. The number of carbonyl (C=O) groups excluding carboxylic acids is 1. The molecule has 108 valence electrons. The van der Waals surface area contributed by atoms with Gasteiger partial charge in [-0.2, -0.15) is 5.10 Å². The van der Waals surface area contributed by atoms with Crippen molar-refractivity contribution in [3.63, 3.8) is 0 Å². The van der Waals surface area contributed by atoms with Crippen molar-refractivity contribution in [1.29, 1.82) is 0 Å². The van der Waals surface area contributed by atoms with Crippen molar-refractivity contribution in [3.05, 3.63) is 36.8 Å². The molecule has 0 aromatic carbocycles. The van der Waals surface area contributed by atoms with Gasteiger partial charge in [0.15, 0.2) is 0 Å². The van der Waals surface area contributed by atoms with Gasteiger partial charge in [0, 0.05) is 6.54 Å². The average molecular weight is 277 g/mol. The van der Waals surface area contributed by atoms with Crippen LogP contribution in [0, 0.1) is 0 Å². The van der Waals surface area contributed by atoms with E-state index in [4.69, 9.17) is 4.42 Å². The third-order valence-corrected chi connectivity index (χ3v) is 3.18. The van der Waals surface area contributed by atoms with Crippen LogP contribution in [0.3, 0.4) is 0 Å². The SMILES string of the molecule is C[C@H](C(=O)NC[C@H](c1ccco1)N(C)C)n1cncn1. The number of likely N-dealkylation sites (N-methyl/N-ethyl adjacent to an activating group) is 1. The van der Waals surface area contributed by atoms with Gasteiger partial charge in [-0.25, -0.2) is 9.67 Å². The maximum atomic E-state index is 12.1. The van der Waals surface area contributed by atoms with Crippen molar-refractivity contribution >= 4 is 5.91 Å². The highest BCUT2D eigenvalue weighted by Crippen LogP contribution is 2.17. The average Bonchev–Trinajstić information content (AvgIpc) is 3.10. The van der Waals surface area contributed by atoms with Crippen molar-refractivity contribution in [2.45, 2.75) is 19.0 Å². The lowest BCUT2D eigenvalue weighted by atomic mass is 10.2. The monoisotopic (exact) mass is 277 g/mol. The molecule has 2 aromatic heterocycles. The predicted molar refractivity (Wildman–Crippen MR) is 72.9 cm³/mol. The lowest BCUT2D eigenvalue weighted by Crippen LogP contribution is -2.37. The molecule has 2 heterocycles. The fraction of sp³-hybridized carbons (Fsp3) is 0.462. The number of furan rings is 1. The molecule has 0 bridgehead atoms. The molecule has 20 heavy (non-hydrogen) atoms. The molecule has 0 unspecified atom stereocenters. The van der Waals surface area contributed by atoms with Crippen LogP contribution in [0.5, 0.6) is 0 Å². The van der Waals surface area contributed by atoms with Gasteiger partial charge in [0.1, 0.15) is 24.5 Å². The Kier molecular flexibility index (Phi) is 4.52. The van der Waals surface area contributed by atoms with Gasteiger partial charge in [0.2, 0.25) is 5.91 Å². The lowest BCUT2D eigenvalue weighted by molar-refractivity contribution is -0.124. The smallest absolute Gasteiger partial charge is 0.244 e. The molecular weight excluding hydrogens is 258 g/mol. The number of hydrogen-bond donors (Lipinski definition) is 1. The van der Waals surface area contributed by atoms with Gasteiger partial charge < -0.3 is 9.73 Å². The Bertz CT molecular complexity index is 521. The lowest BCUT2D eigenvalue weighted by Gasteiger charge is -2.23. The van der Waals surface area contributed by atoms with Gasteiger partial charge in [0.25, 0.3) is 0 Å². The number of amides is 1. The minimum atomic E-state index is -0.392. The first-order valence-electron chi connectivity index (χ1n) is 6.41. The summed E-state index contributed by atoms with van der Waals surface area (Å²) in [5, 5.41) is 6.88. The summed E-state index contributed by atoms with van der Waals surface area (Å²) in [5.74, 6) is 0.720. The first kappa shape index (κ1) is 14.3. The standard InChI is InChI=1S/C13H19N5O2/c1-10(18-9-14-8-16-18)13(19)15-7-11(17(2)3)12-5-4-6-20-12/h4-6,8-11H,7H2,1-3H3,(H,15,19)/t10-,11-/m1/s1. The van der Waals surface area contributed by atoms with Crippen molar-refractivity contribution in [2.75, 3.05) is 20.6 Å². The zero-order valence-corrected chi connectivity index (χ0v) is 11.9. The van der Waals surface area contributed by atoms with Gasteiger partial charge in [-0.1, -0.05) is 0 Å². The van der Waals surface area contributed by atoms with Crippen LogP contribution in [0.4, 0.5) is 0 Å². The molecule has 0 aliphatic carbocycles. The van der Waals surface area contributed by atoms with Crippen molar-refractivity contribution in [1.82, 2.24) is 25.0 Å². The summed E-state index contributed by atoms with van der Waals surface area (Å²) in [6, 6.07) is 3.34. The second-order valence-electron chi connectivity index (χ2n) is 4.79. The minimum Gasteiger partial charge on any atom is -0.468 e. The Hall–Kier alpha value is -2.15. The summed E-state index contributed by atoms with van der Waals surface area (Å²) in [7, 11) is 3.89. The molecular formula is C13H19N5O2. The van der Waals surface area contributed by atoms with Crippen LogP contribution >= 0.6 is 0 Å². The van der Waals surface area contributed by atoms with Crippen molar-refractivity contribution < 1.29 is 9.21 Å². The zero-order valence-electron chi connectivity index (χ0n) is 11.9. The first-order valence-corrected chi connectivity index (χ1v) is 6.41. The summed E-state index contributed by atoms with van der Waals surface area (Å²) in [6.07, 6.45) is 4.57. The van der Waals surface area contributed by atoms with E-state index < -0.39 is 6.04 Å². The maximum absolute atomic E-state index is 12.1. The largest absolute Gasteiger partial charge is 0.468 e. The van der Waals surface area contributed by atoms with E-state index in [9.17, 15) is 4.79 Å². The third-order valence-electron chi connectivity index (χ3n) is 3.18. The van der Waals surface area contributed by atoms with E-state index in [1.54, 1.807) is 13.2 Å². The molecule has 7 nitrogen and oxygen atoms in total. The van der Waals surface area contributed by atoms with E-state index in [0.717, 1.165) is 5.76 Å². The van der Waals surface area contributed by atoms with Crippen LogP contribution in [-0.4, -0.2) is 46.2 Å². The minimum absolute atomic E-state index is 0.00287. The molecule has 2 aromatic rings. The molecule has 0 saturated carbocycles. The van der Waals surface area contributed by atoms with E-state index in [-0.39, 0.29) is 11.9 Å². The van der Waals surface area contributed by atoms with E-state index >= 15 is 0 Å². The highest BCUT2D eigenvalue weighted by Gasteiger charge is 2.20. The Morgan fingerprint density at radius 2 is 2.35 bits per heavy atom. The van der Waals surface area contributed by atoms with Crippen LogP contribution in [0.15, 0.2) is 35.5 Å². The second-order valence-corrected chi connectivity index (χ2v) is 4.79. The van der Waals surface area contributed by atoms with Crippen LogP contribution in [-0.2, 0) is 4.79 Å². The second kappa shape index (κ2) is 6.33. The third kappa shape index (κ3) is 3.24. The molecule has 2 rings (SSSR count). The van der Waals surface area contributed by atoms with Crippen LogP contribution < -0.4 is 5.32 Å². The van der Waals surface area contributed by atoms with E-state index in [2.05, 4.69) is 15.4 Å². The topological polar surface area (TPSA) is 76.2 Å². The summed E-state index contributed by atoms with van der Waals surface area (Å²) in [5.41, 5.74) is 0. The van der Waals surface area contributed by atoms with Gasteiger partial charge in [-0.15, -0.1) is 0 Å². The van der Waals surface area contributed by atoms with E-state index in [0.29, 0.717) is 6.54 Å². The summed E-state index contributed by atoms with van der Waals surface area (Å²) < 4.78 is 6.92. The zero-order chi connectivity index (χ0) is 14.5. The molecule has 0 saturated heterocycles. The molecule has 0 aliphatic heterocycles. The van der Waals surface area contributed by atoms with Gasteiger partial charge in [-0.05, 0) is 33.2 Å². The molecule has 2 atom stereocenters. The Morgan fingerprint density at radius 1 is 1.55 bits per heavy atom. The van der Waals surface area contributed by atoms with Gasteiger partial charge >= 0.3 is 0 Å². The maximum Gasteiger partial charge on any atom is 0.244 e. The summed E-state index contributed by atoms with van der Waals surface area (Å²) in [4.78, 5) is 17.9. The van der Waals surface area contributed by atoms with E-state index in [1.165, 1.54) is 17.3 Å². The Balaban J connectivity index is 1.94. The fourth-order valence-electron chi connectivity index (χ4n) is 1.90. The fourth-order valence-corrected chi connectivity index (χ4v) is 1.90. The first-order chi connectivity index (χ1) is 9.59. The summed E-state index contributed by atoms with van der Waals surface area (Å²) in [6.45, 7) is 2.25. The highest BCUT2D eigenvalue weighted by atomic mass is 16.3. The molecule has 1 N–H and O–H groups in total. The molecule has 1 amide bonds. The van der Waals surface area contributed by atoms with Crippen LogP contribution in [0.25, 0.3) is 0 Å². The van der Waals surface area contributed by atoms with Crippen molar-refractivity contribution in [3.8, 4) is 0 Å². The molecule has 0 radical (unpaired) electrons. The quantitative estimate of drug-likeness (QED) is 0.847. The van der Waals surface area contributed by atoms with Crippen LogP contribution in [0.2, 0.25) is 0 Å². The highest BCUT2D eigenvalue weighted by molar-refractivity contribution is 5.79. The number of carbonyl (C=O) groups is 1. The molecule has 0 fully saturated rings. The normalized spacial score (nSPS) is 14.2. The van der Waals surface area contributed by atoms with Crippen molar-refractivity contribution in [2.24, 2.45) is 0 Å². The number of nitrogens with zero attached hydrogens (tertiary/aromatic N) is 4. The Morgan fingerprint density at radius 3 is 2.90 bits per heavy atom. The van der Waals surface area contributed by atoms with E-state index in [1.807, 2.05) is 31.1 Å². The summed E-state index contributed by atoms with van der Waals surface area (Å²) >= 11 is 0.